The largest absolute Gasteiger partial charge is 0.494 e. The molecule has 0 saturated heterocycles. The lowest BCUT2D eigenvalue weighted by molar-refractivity contribution is 0.102. The second-order valence-electron chi connectivity index (χ2n) is 4.60. The number of amides is 1. The van der Waals surface area contributed by atoms with Crippen molar-refractivity contribution in [2.24, 2.45) is 10.2 Å². The highest BCUT2D eigenvalue weighted by atomic mass is 32.1. The van der Waals surface area contributed by atoms with Crippen LogP contribution in [0, 0.1) is 0 Å². The van der Waals surface area contributed by atoms with Crippen molar-refractivity contribution in [3.8, 4) is 5.75 Å². The number of thiazole rings is 1. The fourth-order valence-electron chi connectivity index (χ4n) is 1.88. The molecular weight excluding hydrogens is 326 g/mol. The average molecular weight is 339 g/mol. The number of pyridine rings is 1. The standard InChI is InChI=1S/C16H13N5O2S/c1-23-14-8-11(20-21-15-4-2-3-7-17-15)5-6-12(14)19-16(22)13-9-24-10-18-13/h2-10H,1H3,(H,19,22)/b21-20-. The van der Waals surface area contributed by atoms with Crippen molar-refractivity contribution >= 4 is 34.4 Å². The number of azo groups is 1. The van der Waals surface area contributed by atoms with Crippen LogP contribution in [0.5, 0.6) is 5.75 Å². The number of methoxy groups -OCH3 is 1. The van der Waals surface area contributed by atoms with Gasteiger partial charge in [-0.05, 0) is 24.3 Å². The minimum absolute atomic E-state index is 0.294. The number of nitrogens with one attached hydrogen (secondary N) is 1. The molecule has 0 aliphatic rings. The van der Waals surface area contributed by atoms with Gasteiger partial charge < -0.3 is 10.1 Å². The molecule has 0 unspecified atom stereocenters. The van der Waals surface area contributed by atoms with Crippen LogP contribution in [0.15, 0.2) is 63.7 Å². The average Bonchev–Trinajstić information content (AvgIpc) is 3.16. The van der Waals surface area contributed by atoms with Gasteiger partial charge in [0.25, 0.3) is 5.91 Å². The monoisotopic (exact) mass is 339 g/mol. The van der Waals surface area contributed by atoms with Crippen LogP contribution in [-0.4, -0.2) is 23.0 Å². The normalized spacial score (nSPS) is 10.7. The maximum Gasteiger partial charge on any atom is 0.275 e. The summed E-state index contributed by atoms with van der Waals surface area (Å²) >= 11 is 1.36. The summed E-state index contributed by atoms with van der Waals surface area (Å²) in [7, 11) is 1.52. The summed E-state index contributed by atoms with van der Waals surface area (Å²) in [6, 6.07) is 10.5. The van der Waals surface area contributed by atoms with Gasteiger partial charge in [-0.15, -0.1) is 21.6 Å². The molecule has 1 amide bonds. The van der Waals surface area contributed by atoms with E-state index >= 15 is 0 Å². The van der Waals surface area contributed by atoms with Gasteiger partial charge in [-0.25, -0.2) is 9.97 Å². The molecule has 0 radical (unpaired) electrons. The van der Waals surface area contributed by atoms with Crippen LogP contribution in [0.2, 0.25) is 0 Å². The molecule has 1 N–H and O–H groups in total. The molecule has 0 spiro atoms. The van der Waals surface area contributed by atoms with Gasteiger partial charge in [-0.3, -0.25) is 4.79 Å². The van der Waals surface area contributed by atoms with E-state index in [2.05, 4.69) is 25.5 Å². The SMILES string of the molecule is COc1cc(/N=N\c2ccccn2)ccc1NC(=O)c1cscn1. The summed E-state index contributed by atoms with van der Waals surface area (Å²) < 4.78 is 5.31. The highest BCUT2D eigenvalue weighted by Gasteiger charge is 2.11. The number of hydrogen-bond donors (Lipinski definition) is 1. The Balaban J connectivity index is 1.78. The zero-order valence-corrected chi connectivity index (χ0v) is 13.5. The van der Waals surface area contributed by atoms with Gasteiger partial charge in [0.15, 0.2) is 5.82 Å². The molecule has 2 heterocycles. The summed E-state index contributed by atoms with van der Waals surface area (Å²) in [5.74, 6) is 0.700. The van der Waals surface area contributed by atoms with Crippen LogP contribution >= 0.6 is 11.3 Å². The molecule has 0 aliphatic carbocycles. The molecule has 1 aromatic carbocycles. The van der Waals surface area contributed by atoms with Gasteiger partial charge in [0.2, 0.25) is 0 Å². The zero-order chi connectivity index (χ0) is 16.8. The first-order chi connectivity index (χ1) is 11.8. The molecule has 3 aromatic rings. The maximum atomic E-state index is 12.1. The number of rotatable bonds is 5. The molecule has 8 heteroatoms. The Kier molecular flexibility index (Phi) is 4.87. The summed E-state index contributed by atoms with van der Waals surface area (Å²) in [6.07, 6.45) is 1.64. The molecule has 24 heavy (non-hydrogen) atoms. The Morgan fingerprint density at radius 1 is 1.21 bits per heavy atom. The van der Waals surface area contributed by atoms with Gasteiger partial charge >= 0.3 is 0 Å². The van der Waals surface area contributed by atoms with Crippen LogP contribution in [-0.2, 0) is 0 Å². The molecule has 7 nitrogen and oxygen atoms in total. The Labute approximate surface area is 142 Å². The summed E-state index contributed by atoms with van der Waals surface area (Å²) in [5.41, 5.74) is 3.09. The lowest BCUT2D eigenvalue weighted by atomic mass is 10.2. The number of carbonyl (C=O) groups is 1. The van der Waals surface area contributed by atoms with E-state index < -0.39 is 0 Å². The molecule has 0 bridgehead atoms. The van der Waals surface area contributed by atoms with Crippen LogP contribution < -0.4 is 10.1 Å². The fourth-order valence-corrected chi connectivity index (χ4v) is 2.41. The third-order valence-electron chi connectivity index (χ3n) is 3.02. The fraction of sp³-hybridized carbons (Fsp3) is 0.0625. The second kappa shape index (κ2) is 7.42. The Hall–Kier alpha value is -3.13. The smallest absolute Gasteiger partial charge is 0.275 e. The van der Waals surface area contributed by atoms with E-state index in [0.29, 0.717) is 28.6 Å². The molecule has 120 valence electrons. The van der Waals surface area contributed by atoms with E-state index in [0.717, 1.165) is 0 Å². The van der Waals surface area contributed by atoms with E-state index in [1.807, 2.05) is 12.1 Å². The number of benzene rings is 1. The van der Waals surface area contributed by atoms with Gasteiger partial charge in [0.05, 0.1) is 24.0 Å². The highest BCUT2D eigenvalue weighted by molar-refractivity contribution is 7.07. The highest BCUT2D eigenvalue weighted by Crippen LogP contribution is 2.30. The number of carbonyl (C=O) groups excluding carboxylic acids is 1. The van der Waals surface area contributed by atoms with Crippen molar-refractivity contribution in [3.05, 3.63) is 59.2 Å². The van der Waals surface area contributed by atoms with Crippen molar-refractivity contribution in [2.75, 3.05) is 12.4 Å². The van der Waals surface area contributed by atoms with Crippen LogP contribution in [0.1, 0.15) is 10.5 Å². The molecular formula is C16H13N5O2S. The first-order valence-electron chi connectivity index (χ1n) is 6.96. The van der Waals surface area contributed by atoms with Crippen molar-refractivity contribution in [1.29, 1.82) is 0 Å². The lowest BCUT2D eigenvalue weighted by Gasteiger charge is -2.09. The number of ether oxygens (including phenoxy) is 1. The van der Waals surface area contributed by atoms with Crippen LogP contribution in [0.4, 0.5) is 17.2 Å². The van der Waals surface area contributed by atoms with E-state index in [4.69, 9.17) is 4.74 Å². The number of nitrogens with zero attached hydrogens (tertiary/aromatic N) is 4. The third-order valence-corrected chi connectivity index (χ3v) is 3.60. The summed E-state index contributed by atoms with van der Waals surface area (Å²) in [5, 5.41) is 12.6. The predicted molar refractivity (Wildman–Crippen MR) is 91.5 cm³/mol. The second-order valence-corrected chi connectivity index (χ2v) is 5.32. The first kappa shape index (κ1) is 15.8. The van der Waals surface area contributed by atoms with Gasteiger partial charge in [-0.2, -0.15) is 0 Å². The lowest BCUT2D eigenvalue weighted by Crippen LogP contribution is -2.12. The van der Waals surface area contributed by atoms with Crippen LogP contribution in [0.3, 0.4) is 0 Å². The number of anilines is 1. The summed E-state index contributed by atoms with van der Waals surface area (Å²) in [4.78, 5) is 20.1. The molecule has 0 atom stereocenters. The minimum atomic E-state index is -0.294. The molecule has 2 aromatic heterocycles. The summed E-state index contributed by atoms with van der Waals surface area (Å²) in [6.45, 7) is 0. The minimum Gasteiger partial charge on any atom is -0.494 e. The predicted octanol–water partition coefficient (Wildman–Crippen LogP) is 4.21. The van der Waals surface area contributed by atoms with Gasteiger partial charge in [0.1, 0.15) is 11.4 Å². The Bertz CT molecular complexity index is 850. The van der Waals surface area contributed by atoms with E-state index in [1.165, 1.54) is 18.4 Å². The Morgan fingerprint density at radius 2 is 2.12 bits per heavy atom. The first-order valence-corrected chi connectivity index (χ1v) is 7.91. The van der Waals surface area contributed by atoms with E-state index in [-0.39, 0.29) is 5.91 Å². The van der Waals surface area contributed by atoms with Gasteiger partial charge in [-0.1, -0.05) is 6.07 Å². The molecule has 0 aliphatic heterocycles. The van der Waals surface area contributed by atoms with E-state index in [9.17, 15) is 4.79 Å². The quantitative estimate of drug-likeness (QED) is 0.705. The third kappa shape index (κ3) is 3.79. The maximum absolute atomic E-state index is 12.1. The van der Waals surface area contributed by atoms with Crippen molar-refractivity contribution in [2.45, 2.75) is 0 Å². The van der Waals surface area contributed by atoms with Crippen molar-refractivity contribution in [1.82, 2.24) is 9.97 Å². The van der Waals surface area contributed by atoms with E-state index in [1.54, 1.807) is 41.4 Å². The molecule has 3 rings (SSSR count). The topological polar surface area (TPSA) is 88.8 Å². The molecule has 0 saturated carbocycles. The van der Waals surface area contributed by atoms with Gasteiger partial charge in [0, 0.05) is 17.6 Å². The number of aromatic nitrogens is 2. The van der Waals surface area contributed by atoms with Crippen molar-refractivity contribution in [3.63, 3.8) is 0 Å². The van der Waals surface area contributed by atoms with Crippen molar-refractivity contribution < 1.29 is 9.53 Å². The zero-order valence-electron chi connectivity index (χ0n) is 12.7. The number of hydrogen-bond acceptors (Lipinski definition) is 7. The van der Waals surface area contributed by atoms with Crippen LogP contribution in [0.25, 0.3) is 0 Å². The molecule has 0 fully saturated rings. The Morgan fingerprint density at radius 3 is 2.83 bits per heavy atom.